The molecule has 82 valence electrons. The highest BCUT2D eigenvalue weighted by Crippen LogP contribution is 2.26. The first-order valence-electron chi connectivity index (χ1n) is 4.99. The molecule has 15 heavy (non-hydrogen) atoms. The number of hydrogen-bond acceptors (Lipinski definition) is 2. The van der Waals surface area contributed by atoms with Crippen molar-refractivity contribution in [3.05, 3.63) is 29.6 Å². The molecule has 0 aromatic heterocycles. The van der Waals surface area contributed by atoms with Gasteiger partial charge in [-0.05, 0) is 12.1 Å². The fourth-order valence-corrected chi connectivity index (χ4v) is 2.34. The van der Waals surface area contributed by atoms with E-state index < -0.39 is 0 Å². The van der Waals surface area contributed by atoms with Crippen molar-refractivity contribution >= 4 is 21.6 Å². The zero-order valence-corrected chi connectivity index (χ0v) is 9.96. The summed E-state index contributed by atoms with van der Waals surface area (Å²) in [5, 5.41) is 0.548. The van der Waals surface area contributed by atoms with E-state index in [-0.39, 0.29) is 5.82 Å². The van der Waals surface area contributed by atoms with Crippen molar-refractivity contribution in [1.29, 1.82) is 0 Å². The zero-order valence-electron chi connectivity index (χ0n) is 8.38. The Kier molecular flexibility index (Phi) is 3.59. The molecule has 1 heterocycles. The highest BCUT2D eigenvalue weighted by Gasteiger charge is 2.16. The van der Waals surface area contributed by atoms with Crippen LogP contribution in [-0.4, -0.2) is 26.3 Å². The second-order valence-corrected chi connectivity index (χ2v) is 4.03. The number of nitrogens with zero attached hydrogens (tertiary/aromatic N) is 1. The summed E-state index contributed by atoms with van der Waals surface area (Å²) in [6, 6.07) is 5.22. The van der Waals surface area contributed by atoms with Crippen LogP contribution in [0.1, 0.15) is 5.56 Å². The van der Waals surface area contributed by atoms with E-state index in [0.717, 1.165) is 37.6 Å². The van der Waals surface area contributed by atoms with E-state index in [1.165, 1.54) is 6.07 Å². The normalized spacial score (nSPS) is 16.8. The molecule has 0 saturated carbocycles. The maximum absolute atomic E-state index is 13.5. The Labute approximate surface area is 97.2 Å². The van der Waals surface area contributed by atoms with Crippen molar-refractivity contribution in [2.45, 2.75) is 5.33 Å². The molecule has 0 atom stereocenters. The molecule has 0 N–H and O–H groups in total. The van der Waals surface area contributed by atoms with Crippen molar-refractivity contribution in [2.75, 3.05) is 31.2 Å². The third-order valence-electron chi connectivity index (χ3n) is 2.58. The number of halogens is 2. The predicted octanol–water partition coefficient (Wildman–Crippen LogP) is 2.56. The quantitative estimate of drug-likeness (QED) is 0.768. The van der Waals surface area contributed by atoms with Crippen LogP contribution < -0.4 is 4.90 Å². The third-order valence-corrected chi connectivity index (χ3v) is 3.14. The monoisotopic (exact) mass is 273 g/mol. The first-order chi connectivity index (χ1) is 7.33. The fourth-order valence-electron chi connectivity index (χ4n) is 1.78. The summed E-state index contributed by atoms with van der Waals surface area (Å²) in [5.74, 6) is -0.143. The number of hydrogen-bond donors (Lipinski definition) is 0. The van der Waals surface area contributed by atoms with Gasteiger partial charge in [-0.15, -0.1) is 0 Å². The van der Waals surface area contributed by atoms with E-state index in [1.807, 2.05) is 6.07 Å². The number of rotatable bonds is 2. The summed E-state index contributed by atoms with van der Waals surface area (Å²) in [6.45, 7) is 3.11. The lowest BCUT2D eigenvalue weighted by Gasteiger charge is -2.30. The fraction of sp³-hybridized carbons (Fsp3) is 0.455. The van der Waals surface area contributed by atoms with Crippen molar-refractivity contribution < 1.29 is 9.13 Å². The molecule has 4 heteroatoms. The van der Waals surface area contributed by atoms with Crippen molar-refractivity contribution in [2.24, 2.45) is 0 Å². The minimum Gasteiger partial charge on any atom is -0.378 e. The SMILES string of the molecule is Fc1cccc(N2CCOCC2)c1CBr. The number of ether oxygens (including phenoxy) is 1. The summed E-state index contributed by atoms with van der Waals surface area (Å²) in [6.07, 6.45) is 0. The van der Waals surface area contributed by atoms with Crippen molar-refractivity contribution in [1.82, 2.24) is 0 Å². The van der Waals surface area contributed by atoms with E-state index in [2.05, 4.69) is 20.8 Å². The second kappa shape index (κ2) is 4.94. The molecule has 0 amide bonds. The minimum atomic E-state index is -0.143. The lowest BCUT2D eigenvalue weighted by atomic mass is 10.1. The lowest BCUT2D eigenvalue weighted by Crippen LogP contribution is -2.36. The van der Waals surface area contributed by atoms with Gasteiger partial charge in [0.25, 0.3) is 0 Å². The predicted molar refractivity (Wildman–Crippen MR) is 62.1 cm³/mol. The molecule has 1 aromatic carbocycles. The van der Waals surface area contributed by atoms with Crippen LogP contribution in [0.5, 0.6) is 0 Å². The Balaban J connectivity index is 2.29. The molecule has 1 aliphatic heterocycles. The van der Waals surface area contributed by atoms with E-state index in [4.69, 9.17) is 4.74 Å². The summed E-state index contributed by atoms with van der Waals surface area (Å²) in [4.78, 5) is 2.17. The number of morpholine rings is 1. The Hall–Kier alpha value is -0.610. The van der Waals surface area contributed by atoms with Crippen LogP contribution in [0.3, 0.4) is 0 Å². The molecule has 2 rings (SSSR count). The van der Waals surface area contributed by atoms with Crippen LogP contribution >= 0.6 is 15.9 Å². The average molecular weight is 274 g/mol. The van der Waals surface area contributed by atoms with Gasteiger partial charge >= 0.3 is 0 Å². The molecular formula is C11H13BrFNO. The smallest absolute Gasteiger partial charge is 0.129 e. The Morgan fingerprint density at radius 1 is 1.33 bits per heavy atom. The highest BCUT2D eigenvalue weighted by atomic mass is 79.9. The van der Waals surface area contributed by atoms with Crippen LogP contribution in [0.4, 0.5) is 10.1 Å². The molecule has 0 bridgehead atoms. The Morgan fingerprint density at radius 2 is 2.07 bits per heavy atom. The van der Waals surface area contributed by atoms with Gasteiger partial charge in [0.1, 0.15) is 5.82 Å². The molecule has 2 nitrogen and oxygen atoms in total. The molecule has 0 unspecified atom stereocenters. The Bertz CT molecular complexity index is 339. The molecule has 1 fully saturated rings. The van der Waals surface area contributed by atoms with Gasteiger partial charge in [-0.3, -0.25) is 0 Å². The maximum Gasteiger partial charge on any atom is 0.129 e. The van der Waals surface area contributed by atoms with Crippen LogP contribution in [0, 0.1) is 5.82 Å². The minimum absolute atomic E-state index is 0.143. The van der Waals surface area contributed by atoms with Gasteiger partial charge in [0.2, 0.25) is 0 Å². The van der Waals surface area contributed by atoms with Gasteiger partial charge < -0.3 is 9.64 Å². The van der Waals surface area contributed by atoms with Crippen LogP contribution in [-0.2, 0) is 10.1 Å². The standard InChI is InChI=1S/C11H13BrFNO/c12-8-9-10(13)2-1-3-11(9)14-4-6-15-7-5-14/h1-3H,4-8H2. The molecule has 0 spiro atoms. The Morgan fingerprint density at radius 3 is 2.73 bits per heavy atom. The largest absolute Gasteiger partial charge is 0.378 e. The molecular weight excluding hydrogens is 261 g/mol. The van der Waals surface area contributed by atoms with Gasteiger partial charge in [-0.2, -0.15) is 0 Å². The first kappa shape index (κ1) is 10.9. The van der Waals surface area contributed by atoms with E-state index >= 15 is 0 Å². The summed E-state index contributed by atoms with van der Waals surface area (Å²) in [5.41, 5.74) is 1.72. The van der Waals surface area contributed by atoms with Crippen LogP contribution in [0.2, 0.25) is 0 Å². The number of alkyl halides is 1. The second-order valence-electron chi connectivity index (χ2n) is 3.47. The number of anilines is 1. The summed E-state index contributed by atoms with van der Waals surface area (Å²) < 4.78 is 18.8. The zero-order chi connectivity index (χ0) is 10.7. The molecule has 1 saturated heterocycles. The summed E-state index contributed by atoms with van der Waals surface area (Å²) >= 11 is 3.33. The lowest BCUT2D eigenvalue weighted by molar-refractivity contribution is 0.122. The van der Waals surface area contributed by atoms with Crippen LogP contribution in [0.15, 0.2) is 18.2 Å². The molecule has 0 radical (unpaired) electrons. The average Bonchev–Trinajstić information content (AvgIpc) is 2.30. The molecule has 0 aliphatic carbocycles. The number of benzene rings is 1. The van der Waals surface area contributed by atoms with Gasteiger partial charge in [-0.25, -0.2) is 4.39 Å². The maximum atomic E-state index is 13.5. The highest BCUT2D eigenvalue weighted by molar-refractivity contribution is 9.08. The molecule has 1 aromatic rings. The van der Waals surface area contributed by atoms with Gasteiger partial charge in [-0.1, -0.05) is 22.0 Å². The third kappa shape index (κ3) is 2.32. The van der Waals surface area contributed by atoms with Gasteiger partial charge in [0.05, 0.1) is 13.2 Å². The first-order valence-corrected chi connectivity index (χ1v) is 6.11. The van der Waals surface area contributed by atoms with Crippen LogP contribution in [0.25, 0.3) is 0 Å². The van der Waals surface area contributed by atoms with E-state index in [0.29, 0.717) is 5.33 Å². The van der Waals surface area contributed by atoms with E-state index in [9.17, 15) is 4.39 Å². The van der Waals surface area contributed by atoms with Gasteiger partial charge in [0, 0.05) is 29.7 Å². The van der Waals surface area contributed by atoms with Gasteiger partial charge in [0.15, 0.2) is 0 Å². The van der Waals surface area contributed by atoms with Crippen molar-refractivity contribution in [3.8, 4) is 0 Å². The summed E-state index contributed by atoms with van der Waals surface area (Å²) in [7, 11) is 0. The molecule has 1 aliphatic rings. The van der Waals surface area contributed by atoms with E-state index in [1.54, 1.807) is 6.07 Å². The topological polar surface area (TPSA) is 12.5 Å². The van der Waals surface area contributed by atoms with Crippen molar-refractivity contribution in [3.63, 3.8) is 0 Å².